The van der Waals surface area contributed by atoms with Crippen molar-refractivity contribution < 1.29 is 23.7 Å². The molecule has 2 aromatic carbocycles. The van der Waals surface area contributed by atoms with Gasteiger partial charge >= 0.3 is 0 Å². The Hall–Kier alpha value is -3.13. The number of amides is 1. The van der Waals surface area contributed by atoms with Crippen molar-refractivity contribution in [1.29, 1.82) is 0 Å². The molecule has 0 fully saturated rings. The fraction of sp³-hybridized carbons (Fsp3) is 0.480. The molecule has 33 heavy (non-hydrogen) atoms. The quantitative estimate of drug-likeness (QED) is 0.475. The Labute approximate surface area is 196 Å². The number of carbonyl (C=O) groups is 1. The van der Waals surface area contributed by atoms with E-state index in [2.05, 4.69) is 10.6 Å². The van der Waals surface area contributed by atoms with Crippen LogP contribution < -0.4 is 29.6 Å². The zero-order valence-corrected chi connectivity index (χ0v) is 20.0. The Bertz CT molecular complexity index is 934. The summed E-state index contributed by atoms with van der Waals surface area (Å²) >= 11 is 0. The van der Waals surface area contributed by atoms with Crippen LogP contribution in [0.3, 0.4) is 0 Å². The third-order valence-corrected chi connectivity index (χ3v) is 5.85. The average molecular weight is 458 g/mol. The molecule has 3 rings (SSSR count). The molecule has 1 aliphatic heterocycles. The summed E-state index contributed by atoms with van der Waals surface area (Å²) in [6, 6.07) is 9.71. The minimum absolute atomic E-state index is 0.163. The molecule has 1 amide bonds. The van der Waals surface area contributed by atoms with Crippen molar-refractivity contribution in [3.63, 3.8) is 0 Å². The lowest BCUT2D eigenvalue weighted by molar-refractivity contribution is -0.130. The van der Waals surface area contributed by atoms with Gasteiger partial charge in [-0.25, -0.2) is 0 Å². The van der Waals surface area contributed by atoms with E-state index in [-0.39, 0.29) is 5.91 Å². The third kappa shape index (κ3) is 6.44. The molecular weight excluding hydrogens is 422 g/mol. The molecule has 0 aromatic heterocycles. The monoisotopic (exact) mass is 457 g/mol. The summed E-state index contributed by atoms with van der Waals surface area (Å²) in [5, 5.41) is 6.81. The SMILES string of the molecule is COc1ccc(NCCNCCCN2CCc3cc(OC)c(OC)cc3CC2=O)cc1OC. The van der Waals surface area contributed by atoms with Gasteiger partial charge in [-0.3, -0.25) is 4.79 Å². The first kappa shape index (κ1) is 24.5. The number of benzene rings is 2. The molecule has 1 aliphatic rings. The summed E-state index contributed by atoms with van der Waals surface area (Å²) in [7, 11) is 6.51. The number of carbonyl (C=O) groups excluding carboxylic acids is 1. The standard InChI is InChI=1S/C25H35N3O5/c1-30-21-7-6-20(17-24(21)33-4)27-11-10-26-9-5-12-28-13-8-18-14-22(31-2)23(32-3)15-19(18)16-25(28)29/h6-7,14-15,17,26-27H,5,8-13,16H2,1-4H3. The predicted molar refractivity (Wildman–Crippen MR) is 129 cm³/mol. The van der Waals surface area contributed by atoms with Crippen molar-refractivity contribution in [2.75, 3.05) is 66.5 Å². The van der Waals surface area contributed by atoms with E-state index in [1.54, 1.807) is 28.4 Å². The number of hydrogen-bond donors (Lipinski definition) is 2. The maximum Gasteiger partial charge on any atom is 0.227 e. The van der Waals surface area contributed by atoms with Gasteiger partial charge in [0.15, 0.2) is 23.0 Å². The van der Waals surface area contributed by atoms with E-state index in [1.165, 1.54) is 0 Å². The first-order valence-electron chi connectivity index (χ1n) is 11.3. The van der Waals surface area contributed by atoms with Crippen LogP contribution in [-0.4, -0.2) is 72.0 Å². The Balaban J connectivity index is 1.38. The van der Waals surface area contributed by atoms with Crippen molar-refractivity contribution in [1.82, 2.24) is 10.2 Å². The predicted octanol–water partition coefficient (Wildman–Crippen LogP) is 2.74. The van der Waals surface area contributed by atoms with Crippen molar-refractivity contribution in [2.24, 2.45) is 0 Å². The molecule has 0 saturated carbocycles. The van der Waals surface area contributed by atoms with Crippen LogP contribution in [0.5, 0.6) is 23.0 Å². The molecule has 2 aromatic rings. The molecule has 0 bridgehead atoms. The highest BCUT2D eigenvalue weighted by molar-refractivity contribution is 5.80. The molecule has 1 heterocycles. The van der Waals surface area contributed by atoms with Crippen LogP contribution in [0.2, 0.25) is 0 Å². The highest BCUT2D eigenvalue weighted by Gasteiger charge is 2.22. The highest BCUT2D eigenvalue weighted by Crippen LogP contribution is 2.32. The van der Waals surface area contributed by atoms with Crippen LogP contribution >= 0.6 is 0 Å². The van der Waals surface area contributed by atoms with E-state index in [0.717, 1.165) is 62.4 Å². The number of rotatable bonds is 12. The van der Waals surface area contributed by atoms with Crippen molar-refractivity contribution in [3.05, 3.63) is 41.5 Å². The van der Waals surface area contributed by atoms with Gasteiger partial charge in [-0.05, 0) is 54.8 Å². The van der Waals surface area contributed by atoms with Gasteiger partial charge in [0.1, 0.15) is 0 Å². The summed E-state index contributed by atoms with van der Waals surface area (Å²) in [5.74, 6) is 2.96. The van der Waals surface area contributed by atoms with Crippen molar-refractivity contribution in [2.45, 2.75) is 19.3 Å². The number of fused-ring (bicyclic) bond motifs is 1. The normalized spacial score (nSPS) is 13.2. The van der Waals surface area contributed by atoms with Crippen LogP contribution in [0.4, 0.5) is 5.69 Å². The fourth-order valence-electron chi connectivity index (χ4n) is 4.01. The number of nitrogens with one attached hydrogen (secondary N) is 2. The lowest BCUT2D eigenvalue weighted by Gasteiger charge is -2.20. The van der Waals surface area contributed by atoms with Gasteiger partial charge in [0.05, 0.1) is 34.9 Å². The highest BCUT2D eigenvalue weighted by atomic mass is 16.5. The Morgan fingerprint density at radius 1 is 0.818 bits per heavy atom. The maximum absolute atomic E-state index is 12.8. The number of anilines is 1. The van der Waals surface area contributed by atoms with Crippen LogP contribution in [0.25, 0.3) is 0 Å². The molecule has 0 unspecified atom stereocenters. The van der Waals surface area contributed by atoms with Gasteiger partial charge in [-0.1, -0.05) is 0 Å². The van der Waals surface area contributed by atoms with Gasteiger partial charge in [-0.2, -0.15) is 0 Å². The van der Waals surface area contributed by atoms with E-state index >= 15 is 0 Å². The number of nitrogens with zero attached hydrogens (tertiary/aromatic N) is 1. The first-order chi connectivity index (χ1) is 16.1. The Morgan fingerprint density at radius 3 is 2.18 bits per heavy atom. The van der Waals surface area contributed by atoms with Gasteiger partial charge in [0, 0.05) is 37.9 Å². The molecule has 8 heteroatoms. The zero-order valence-electron chi connectivity index (χ0n) is 20.0. The summed E-state index contributed by atoms with van der Waals surface area (Å²) in [6.07, 6.45) is 2.13. The smallest absolute Gasteiger partial charge is 0.227 e. The number of ether oxygens (including phenoxy) is 4. The Kier molecular flexibility index (Phi) is 9.06. The van der Waals surface area contributed by atoms with Gasteiger partial charge in [0.25, 0.3) is 0 Å². The molecule has 0 atom stereocenters. The van der Waals surface area contributed by atoms with E-state index in [1.807, 2.05) is 35.2 Å². The average Bonchev–Trinajstić information content (AvgIpc) is 2.99. The van der Waals surface area contributed by atoms with Crippen LogP contribution in [0.15, 0.2) is 30.3 Å². The van der Waals surface area contributed by atoms with Crippen LogP contribution in [-0.2, 0) is 17.6 Å². The minimum atomic E-state index is 0.163. The maximum atomic E-state index is 12.8. The fourth-order valence-corrected chi connectivity index (χ4v) is 4.01. The minimum Gasteiger partial charge on any atom is -0.493 e. The van der Waals surface area contributed by atoms with Gasteiger partial charge in [-0.15, -0.1) is 0 Å². The second kappa shape index (κ2) is 12.2. The molecule has 0 spiro atoms. The van der Waals surface area contributed by atoms with Crippen LogP contribution in [0.1, 0.15) is 17.5 Å². The largest absolute Gasteiger partial charge is 0.493 e. The first-order valence-corrected chi connectivity index (χ1v) is 11.3. The lowest BCUT2D eigenvalue weighted by atomic mass is 10.0. The second-order valence-electron chi connectivity index (χ2n) is 7.88. The van der Waals surface area contributed by atoms with E-state index in [9.17, 15) is 4.79 Å². The van der Waals surface area contributed by atoms with E-state index in [0.29, 0.717) is 29.4 Å². The summed E-state index contributed by atoms with van der Waals surface area (Å²) in [4.78, 5) is 14.7. The molecule has 180 valence electrons. The van der Waals surface area contributed by atoms with Gasteiger partial charge in [0.2, 0.25) is 5.91 Å². The van der Waals surface area contributed by atoms with Crippen molar-refractivity contribution >= 4 is 11.6 Å². The lowest BCUT2D eigenvalue weighted by Crippen LogP contribution is -2.35. The number of methoxy groups -OCH3 is 4. The summed E-state index contributed by atoms with van der Waals surface area (Å²) < 4.78 is 21.4. The van der Waals surface area contributed by atoms with Crippen molar-refractivity contribution in [3.8, 4) is 23.0 Å². The third-order valence-electron chi connectivity index (χ3n) is 5.85. The molecule has 0 aliphatic carbocycles. The van der Waals surface area contributed by atoms with Gasteiger partial charge < -0.3 is 34.5 Å². The van der Waals surface area contributed by atoms with E-state index in [4.69, 9.17) is 18.9 Å². The van der Waals surface area contributed by atoms with E-state index < -0.39 is 0 Å². The zero-order chi connectivity index (χ0) is 23.6. The Morgan fingerprint density at radius 2 is 1.48 bits per heavy atom. The molecule has 0 saturated heterocycles. The summed E-state index contributed by atoms with van der Waals surface area (Å²) in [6.45, 7) is 3.94. The number of hydrogen-bond acceptors (Lipinski definition) is 7. The van der Waals surface area contributed by atoms with Crippen LogP contribution in [0, 0.1) is 0 Å². The summed E-state index contributed by atoms with van der Waals surface area (Å²) in [5.41, 5.74) is 3.17. The molecule has 8 nitrogen and oxygen atoms in total. The molecule has 0 radical (unpaired) electrons. The second-order valence-corrected chi connectivity index (χ2v) is 7.88. The molecular formula is C25H35N3O5. The molecule has 2 N–H and O–H groups in total. The topological polar surface area (TPSA) is 81.3 Å².